The summed E-state index contributed by atoms with van der Waals surface area (Å²) >= 11 is 0. The van der Waals surface area contributed by atoms with Gasteiger partial charge in [0.05, 0.1) is 5.69 Å². The van der Waals surface area contributed by atoms with E-state index in [0.29, 0.717) is 5.69 Å². The van der Waals surface area contributed by atoms with Crippen LogP contribution in [-0.2, 0) is 22.5 Å². The number of H-pyrrole nitrogens is 1. The number of nitrogens with two attached hydrogens (primary N) is 1. The maximum absolute atomic E-state index is 12.0. The zero-order valence-electron chi connectivity index (χ0n) is 12.3. The van der Waals surface area contributed by atoms with Crippen LogP contribution in [0.4, 0.5) is 4.79 Å². The van der Waals surface area contributed by atoms with Crippen molar-refractivity contribution in [3.05, 3.63) is 53.9 Å². The molecule has 1 heterocycles. The largest absolute Gasteiger partial charge is 0.443 e. The normalized spacial score (nSPS) is 13.1. The van der Waals surface area contributed by atoms with E-state index >= 15 is 0 Å². The lowest BCUT2D eigenvalue weighted by atomic mass is 10.1. The van der Waals surface area contributed by atoms with Crippen molar-refractivity contribution in [2.75, 3.05) is 0 Å². The van der Waals surface area contributed by atoms with Crippen LogP contribution < -0.4 is 11.1 Å². The quantitative estimate of drug-likeness (QED) is 0.575. The first-order valence-electron chi connectivity index (χ1n) is 7.00. The third kappa shape index (κ3) is 5.11. The predicted octanol–water partition coefficient (Wildman–Crippen LogP) is 0.0934. The number of nitrogens with zero attached hydrogens (tertiary/aromatic N) is 1. The summed E-state index contributed by atoms with van der Waals surface area (Å²) in [7, 11) is 0. The summed E-state index contributed by atoms with van der Waals surface area (Å²) in [4.78, 5) is 23.0. The number of benzene rings is 1. The second-order valence-electron chi connectivity index (χ2n) is 4.89. The second kappa shape index (κ2) is 7.95. The van der Waals surface area contributed by atoms with Gasteiger partial charge in [-0.15, -0.1) is 0 Å². The Morgan fingerprint density at radius 1 is 1.30 bits per heavy atom. The molecule has 8 heteroatoms. The van der Waals surface area contributed by atoms with Crippen molar-refractivity contribution in [2.24, 2.45) is 5.73 Å². The van der Waals surface area contributed by atoms with Gasteiger partial charge in [-0.25, -0.2) is 4.79 Å². The molecular weight excluding hydrogens is 300 g/mol. The van der Waals surface area contributed by atoms with Crippen molar-refractivity contribution >= 4 is 12.0 Å². The molecule has 122 valence electrons. The van der Waals surface area contributed by atoms with Gasteiger partial charge in [0.15, 0.2) is 6.10 Å². The molecule has 0 aliphatic carbocycles. The molecule has 0 radical (unpaired) electrons. The molecule has 23 heavy (non-hydrogen) atoms. The lowest BCUT2D eigenvalue weighted by molar-refractivity contribution is -0.135. The number of hydrogen-bond donors (Lipinski definition) is 4. The highest BCUT2D eigenvalue weighted by Crippen LogP contribution is 2.08. The van der Waals surface area contributed by atoms with Gasteiger partial charge in [0, 0.05) is 19.2 Å². The van der Waals surface area contributed by atoms with Gasteiger partial charge in [0.1, 0.15) is 6.10 Å². The van der Waals surface area contributed by atoms with Crippen molar-refractivity contribution in [1.29, 1.82) is 0 Å². The minimum atomic E-state index is -1.55. The first-order chi connectivity index (χ1) is 11.1. The smallest absolute Gasteiger partial charge is 0.404 e. The summed E-state index contributed by atoms with van der Waals surface area (Å²) in [6.07, 6.45) is -2.10. The van der Waals surface area contributed by atoms with Gasteiger partial charge in [-0.2, -0.15) is 5.10 Å². The molecule has 0 bridgehead atoms. The van der Waals surface area contributed by atoms with Crippen LogP contribution in [0.1, 0.15) is 11.3 Å². The van der Waals surface area contributed by atoms with E-state index in [0.717, 1.165) is 5.56 Å². The lowest BCUT2D eigenvalue weighted by Crippen LogP contribution is -2.45. The van der Waals surface area contributed by atoms with Crippen LogP contribution in [0.2, 0.25) is 0 Å². The molecule has 2 amide bonds. The molecule has 0 aliphatic heterocycles. The van der Waals surface area contributed by atoms with Crippen molar-refractivity contribution in [1.82, 2.24) is 15.5 Å². The van der Waals surface area contributed by atoms with E-state index in [-0.39, 0.29) is 13.0 Å². The van der Waals surface area contributed by atoms with E-state index < -0.39 is 24.2 Å². The highest BCUT2D eigenvalue weighted by atomic mass is 16.6. The molecule has 1 aromatic carbocycles. The van der Waals surface area contributed by atoms with Crippen LogP contribution in [0.15, 0.2) is 42.6 Å². The Labute approximate surface area is 132 Å². The van der Waals surface area contributed by atoms with Crippen LogP contribution in [0.25, 0.3) is 0 Å². The maximum Gasteiger partial charge on any atom is 0.404 e. The number of aromatic amines is 1. The third-order valence-electron chi connectivity index (χ3n) is 3.17. The van der Waals surface area contributed by atoms with Crippen LogP contribution in [0.3, 0.4) is 0 Å². The van der Waals surface area contributed by atoms with E-state index in [1.54, 1.807) is 12.3 Å². The number of aliphatic hydroxyl groups excluding tert-OH is 1. The number of aromatic nitrogens is 2. The molecule has 1 aromatic heterocycles. The maximum atomic E-state index is 12.0. The first-order valence-corrected chi connectivity index (χ1v) is 7.00. The Balaban J connectivity index is 1.96. The Kier molecular flexibility index (Phi) is 5.70. The number of primary amides is 1. The van der Waals surface area contributed by atoms with Crippen LogP contribution in [0.5, 0.6) is 0 Å². The number of rotatable bonds is 7. The second-order valence-corrected chi connectivity index (χ2v) is 4.89. The van der Waals surface area contributed by atoms with Crippen LogP contribution in [0, 0.1) is 0 Å². The van der Waals surface area contributed by atoms with Gasteiger partial charge in [-0.05, 0) is 11.6 Å². The van der Waals surface area contributed by atoms with E-state index in [1.165, 1.54) is 0 Å². The predicted molar refractivity (Wildman–Crippen MR) is 81.0 cm³/mol. The highest BCUT2D eigenvalue weighted by Gasteiger charge is 2.29. The molecule has 2 aromatic rings. The summed E-state index contributed by atoms with van der Waals surface area (Å²) in [6.45, 7) is 0.252. The Morgan fingerprint density at radius 2 is 2.04 bits per heavy atom. The minimum absolute atomic E-state index is 0.0619. The molecule has 0 fully saturated rings. The van der Waals surface area contributed by atoms with Gasteiger partial charge < -0.3 is 20.9 Å². The third-order valence-corrected chi connectivity index (χ3v) is 3.17. The number of nitrogens with one attached hydrogen (secondary N) is 2. The van der Waals surface area contributed by atoms with E-state index in [2.05, 4.69) is 15.5 Å². The van der Waals surface area contributed by atoms with Gasteiger partial charge in [0.2, 0.25) is 0 Å². The molecule has 1 unspecified atom stereocenters. The summed E-state index contributed by atoms with van der Waals surface area (Å²) in [6, 6.07) is 10.9. The molecule has 0 aliphatic rings. The molecule has 2 rings (SSSR count). The Bertz CT molecular complexity index is 630. The minimum Gasteiger partial charge on any atom is -0.443 e. The van der Waals surface area contributed by atoms with Crippen molar-refractivity contribution in [2.45, 2.75) is 25.2 Å². The average Bonchev–Trinajstić information content (AvgIpc) is 3.05. The average molecular weight is 318 g/mol. The summed E-state index contributed by atoms with van der Waals surface area (Å²) in [5.41, 5.74) is 6.41. The number of hydrogen-bond acceptors (Lipinski definition) is 5. The zero-order chi connectivity index (χ0) is 16.7. The van der Waals surface area contributed by atoms with Crippen molar-refractivity contribution in [3.8, 4) is 0 Å². The van der Waals surface area contributed by atoms with Crippen LogP contribution >= 0.6 is 0 Å². The molecule has 0 spiro atoms. The van der Waals surface area contributed by atoms with E-state index in [1.807, 2.05) is 30.3 Å². The van der Waals surface area contributed by atoms with Gasteiger partial charge >= 0.3 is 6.09 Å². The molecule has 8 nitrogen and oxygen atoms in total. The number of ether oxygens (including phenoxy) is 1. The summed E-state index contributed by atoms with van der Waals surface area (Å²) < 4.78 is 4.83. The SMILES string of the molecule is NC(=O)O[C@@H](Cc1cc[nH]n1)C(O)C(=O)NCc1ccccc1. The topological polar surface area (TPSA) is 130 Å². The first kappa shape index (κ1) is 16.5. The summed E-state index contributed by atoms with van der Waals surface area (Å²) in [5.74, 6) is -0.657. The number of carbonyl (C=O) groups excluding carboxylic acids is 2. The standard InChI is InChI=1S/C15H18N4O4/c16-15(22)23-12(8-11-6-7-18-19-11)13(20)14(21)17-9-10-4-2-1-3-5-10/h1-7,12-13,20H,8-9H2,(H2,16,22)(H,17,21)(H,18,19)/t12-,13?/m0/s1. The molecule has 0 saturated heterocycles. The molecule has 5 N–H and O–H groups in total. The molecule has 0 saturated carbocycles. The fraction of sp³-hybridized carbons (Fsp3) is 0.267. The molecular formula is C15H18N4O4. The Hall–Kier alpha value is -2.87. The fourth-order valence-corrected chi connectivity index (χ4v) is 2.04. The van der Waals surface area contributed by atoms with Crippen molar-refractivity contribution < 1.29 is 19.4 Å². The monoisotopic (exact) mass is 318 g/mol. The van der Waals surface area contributed by atoms with Gasteiger partial charge in [0.25, 0.3) is 5.91 Å². The number of carbonyl (C=O) groups is 2. The van der Waals surface area contributed by atoms with Crippen LogP contribution in [-0.4, -0.2) is 39.5 Å². The fourth-order valence-electron chi connectivity index (χ4n) is 2.04. The summed E-state index contributed by atoms with van der Waals surface area (Å²) in [5, 5.41) is 19.2. The highest BCUT2D eigenvalue weighted by molar-refractivity contribution is 5.81. The van der Waals surface area contributed by atoms with E-state index in [9.17, 15) is 14.7 Å². The van der Waals surface area contributed by atoms with Gasteiger partial charge in [-0.3, -0.25) is 9.89 Å². The lowest BCUT2D eigenvalue weighted by Gasteiger charge is -2.21. The Morgan fingerprint density at radius 3 is 2.65 bits per heavy atom. The van der Waals surface area contributed by atoms with E-state index in [4.69, 9.17) is 10.5 Å². The van der Waals surface area contributed by atoms with Gasteiger partial charge in [-0.1, -0.05) is 30.3 Å². The van der Waals surface area contributed by atoms with Crippen molar-refractivity contribution in [3.63, 3.8) is 0 Å². The zero-order valence-corrected chi connectivity index (χ0v) is 12.3. The molecule has 2 atom stereocenters. The number of amides is 2. The number of aliphatic hydroxyl groups is 1.